The van der Waals surface area contributed by atoms with Gasteiger partial charge in [0, 0.05) is 31.9 Å². The summed E-state index contributed by atoms with van der Waals surface area (Å²) < 4.78 is 5.46. The van der Waals surface area contributed by atoms with E-state index in [1.165, 1.54) is 0 Å². The van der Waals surface area contributed by atoms with Crippen molar-refractivity contribution < 1.29 is 4.74 Å². The molecule has 2 N–H and O–H groups in total. The zero-order valence-electron chi connectivity index (χ0n) is 13.8. The molecule has 118 valence electrons. The number of rotatable bonds is 6. The molecule has 1 aliphatic heterocycles. The van der Waals surface area contributed by atoms with Gasteiger partial charge in [-0.1, -0.05) is 13.8 Å². The molecule has 2 heterocycles. The van der Waals surface area contributed by atoms with Crippen LogP contribution in [0.25, 0.3) is 0 Å². The van der Waals surface area contributed by atoms with Crippen molar-refractivity contribution in [3.8, 4) is 0 Å². The number of nitrogens with zero attached hydrogens (tertiary/aromatic N) is 2. The van der Waals surface area contributed by atoms with Crippen molar-refractivity contribution in [2.75, 3.05) is 36.9 Å². The van der Waals surface area contributed by atoms with E-state index in [2.05, 4.69) is 41.4 Å². The minimum atomic E-state index is 0.292. The van der Waals surface area contributed by atoms with E-state index >= 15 is 0 Å². The molecule has 5 nitrogen and oxygen atoms in total. The van der Waals surface area contributed by atoms with E-state index in [1.807, 2.05) is 6.92 Å². The fourth-order valence-corrected chi connectivity index (χ4v) is 2.55. The third kappa shape index (κ3) is 4.30. The molecule has 1 aromatic heterocycles. The maximum Gasteiger partial charge on any atom is 0.134 e. The molecule has 0 bridgehead atoms. The van der Waals surface area contributed by atoms with Crippen molar-refractivity contribution in [2.24, 2.45) is 5.41 Å². The van der Waals surface area contributed by atoms with Gasteiger partial charge in [0.2, 0.25) is 0 Å². The first kappa shape index (κ1) is 16.0. The number of ether oxygens (including phenoxy) is 1. The number of hydrogen-bond donors (Lipinski definition) is 2. The Morgan fingerprint density at radius 3 is 2.33 bits per heavy atom. The lowest BCUT2D eigenvalue weighted by Gasteiger charge is -2.34. The summed E-state index contributed by atoms with van der Waals surface area (Å²) in [4.78, 5) is 9.06. The maximum absolute atomic E-state index is 5.46. The quantitative estimate of drug-likeness (QED) is 0.843. The Morgan fingerprint density at radius 1 is 1.10 bits per heavy atom. The molecule has 1 saturated heterocycles. The van der Waals surface area contributed by atoms with E-state index in [1.54, 1.807) is 0 Å². The molecule has 0 aromatic carbocycles. The van der Waals surface area contributed by atoms with E-state index < -0.39 is 0 Å². The van der Waals surface area contributed by atoms with Gasteiger partial charge in [0.15, 0.2) is 0 Å². The summed E-state index contributed by atoms with van der Waals surface area (Å²) >= 11 is 0. The van der Waals surface area contributed by atoms with Crippen LogP contribution in [0.15, 0.2) is 0 Å². The highest BCUT2D eigenvalue weighted by molar-refractivity contribution is 5.57. The summed E-state index contributed by atoms with van der Waals surface area (Å²) in [6.45, 7) is 12.1. The van der Waals surface area contributed by atoms with Crippen molar-refractivity contribution in [3.63, 3.8) is 0 Å². The Labute approximate surface area is 127 Å². The molecule has 2 rings (SSSR count). The van der Waals surface area contributed by atoms with Crippen LogP contribution in [0.5, 0.6) is 0 Å². The van der Waals surface area contributed by atoms with E-state index in [0.717, 1.165) is 68.6 Å². The van der Waals surface area contributed by atoms with Crippen LogP contribution in [-0.4, -0.2) is 36.3 Å². The highest BCUT2D eigenvalue weighted by atomic mass is 16.5. The largest absolute Gasteiger partial charge is 0.381 e. The lowest BCUT2D eigenvalue weighted by Crippen LogP contribution is -2.33. The van der Waals surface area contributed by atoms with Crippen molar-refractivity contribution in [2.45, 2.75) is 47.0 Å². The number of hydrogen-bond acceptors (Lipinski definition) is 5. The number of anilines is 2. The van der Waals surface area contributed by atoms with Crippen LogP contribution in [0.1, 0.15) is 44.5 Å². The molecule has 1 aliphatic rings. The Morgan fingerprint density at radius 2 is 1.71 bits per heavy atom. The number of aryl methyl sites for hydroxylation is 1. The van der Waals surface area contributed by atoms with Gasteiger partial charge in [-0.2, -0.15) is 0 Å². The van der Waals surface area contributed by atoms with Crippen LogP contribution >= 0.6 is 0 Å². The molecule has 0 spiro atoms. The topological polar surface area (TPSA) is 59.1 Å². The number of aromatic nitrogens is 2. The molecule has 0 unspecified atom stereocenters. The van der Waals surface area contributed by atoms with E-state index in [4.69, 9.17) is 4.74 Å². The van der Waals surface area contributed by atoms with Crippen LogP contribution < -0.4 is 10.6 Å². The maximum atomic E-state index is 5.46. The highest BCUT2D eigenvalue weighted by Crippen LogP contribution is 2.30. The Bertz CT molecular complexity index is 470. The first-order valence-electron chi connectivity index (χ1n) is 7.95. The van der Waals surface area contributed by atoms with Gasteiger partial charge in [0.05, 0.1) is 0 Å². The zero-order chi connectivity index (χ0) is 15.3. The second-order valence-corrected chi connectivity index (χ2v) is 6.30. The molecule has 1 fully saturated rings. The standard InChI is InChI=1S/C16H28N4O/c1-5-8-17-14-12(2)15(20-13(3)19-14)18-11-16(4)6-9-21-10-7-16/h5-11H2,1-4H3,(H2,17,18,19,20). The van der Waals surface area contributed by atoms with Crippen molar-refractivity contribution >= 4 is 11.6 Å². The van der Waals surface area contributed by atoms with Gasteiger partial charge >= 0.3 is 0 Å². The summed E-state index contributed by atoms with van der Waals surface area (Å²) in [5, 5.41) is 6.91. The molecule has 21 heavy (non-hydrogen) atoms. The molecular formula is C16H28N4O. The van der Waals surface area contributed by atoms with Crippen LogP contribution in [0.2, 0.25) is 0 Å². The predicted molar refractivity (Wildman–Crippen MR) is 86.9 cm³/mol. The molecule has 0 atom stereocenters. The molecule has 0 radical (unpaired) electrons. The van der Waals surface area contributed by atoms with Gasteiger partial charge in [-0.15, -0.1) is 0 Å². The van der Waals surface area contributed by atoms with E-state index in [9.17, 15) is 0 Å². The van der Waals surface area contributed by atoms with Crippen molar-refractivity contribution in [3.05, 3.63) is 11.4 Å². The third-order valence-corrected chi connectivity index (χ3v) is 4.18. The lowest BCUT2D eigenvalue weighted by atomic mass is 9.82. The first-order valence-corrected chi connectivity index (χ1v) is 7.95. The monoisotopic (exact) mass is 292 g/mol. The van der Waals surface area contributed by atoms with Crippen LogP contribution in [0, 0.1) is 19.3 Å². The number of nitrogens with one attached hydrogen (secondary N) is 2. The molecule has 5 heteroatoms. The van der Waals surface area contributed by atoms with Crippen LogP contribution in [0.3, 0.4) is 0 Å². The zero-order valence-corrected chi connectivity index (χ0v) is 13.8. The molecule has 0 saturated carbocycles. The summed E-state index contributed by atoms with van der Waals surface area (Å²) in [6, 6.07) is 0. The minimum Gasteiger partial charge on any atom is -0.381 e. The van der Waals surface area contributed by atoms with Gasteiger partial charge in [0.1, 0.15) is 17.5 Å². The van der Waals surface area contributed by atoms with Gasteiger partial charge < -0.3 is 15.4 Å². The average Bonchev–Trinajstić information content (AvgIpc) is 2.47. The summed E-state index contributed by atoms with van der Waals surface area (Å²) in [6.07, 6.45) is 3.29. The Kier molecular flexibility index (Phi) is 5.39. The van der Waals surface area contributed by atoms with E-state index in [-0.39, 0.29) is 0 Å². The SMILES string of the molecule is CCCNc1nc(C)nc(NCC2(C)CCOCC2)c1C. The lowest BCUT2D eigenvalue weighted by molar-refractivity contribution is 0.0299. The highest BCUT2D eigenvalue weighted by Gasteiger charge is 2.27. The predicted octanol–water partition coefficient (Wildman–Crippen LogP) is 3.14. The van der Waals surface area contributed by atoms with Crippen LogP contribution in [-0.2, 0) is 4.74 Å². The second kappa shape index (κ2) is 7.07. The fraction of sp³-hybridized carbons (Fsp3) is 0.750. The fourth-order valence-electron chi connectivity index (χ4n) is 2.55. The normalized spacial score (nSPS) is 17.5. The third-order valence-electron chi connectivity index (χ3n) is 4.18. The summed E-state index contributed by atoms with van der Waals surface area (Å²) in [5.41, 5.74) is 1.39. The molecule has 0 amide bonds. The van der Waals surface area contributed by atoms with Crippen molar-refractivity contribution in [1.82, 2.24) is 9.97 Å². The molecule has 1 aromatic rings. The summed E-state index contributed by atoms with van der Waals surface area (Å²) in [5.74, 6) is 2.71. The van der Waals surface area contributed by atoms with Gasteiger partial charge in [-0.25, -0.2) is 9.97 Å². The van der Waals surface area contributed by atoms with Gasteiger partial charge in [-0.3, -0.25) is 0 Å². The molecule has 0 aliphatic carbocycles. The molecular weight excluding hydrogens is 264 g/mol. The van der Waals surface area contributed by atoms with Crippen LogP contribution in [0.4, 0.5) is 11.6 Å². The van der Waals surface area contributed by atoms with Gasteiger partial charge in [-0.05, 0) is 38.5 Å². The summed E-state index contributed by atoms with van der Waals surface area (Å²) in [7, 11) is 0. The Balaban J connectivity index is 2.06. The van der Waals surface area contributed by atoms with Gasteiger partial charge in [0.25, 0.3) is 0 Å². The smallest absolute Gasteiger partial charge is 0.134 e. The van der Waals surface area contributed by atoms with Crippen molar-refractivity contribution in [1.29, 1.82) is 0 Å². The van der Waals surface area contributed by atoms with E-state index in [0.29, 0.717) is 5.41 Å². The minimum absolute atomic E-state index is 0.292. The first-order chi connectivity index (χ1) is 10.0. The average molecular weight is 292 g/mol. The Hall–Kier alpha value is -1.36. The second-order valence-electron chi connectivity index (χ2n) is 6.30.